The van der Waals surface area contributed by atoms with E-state index in [4.69, 9.17) is 8.83 Å². The van der Waals surface area contributed by atoms with E-state index in [9.17, 15) is 4.79 Å². The zero-order valence-corrected chi connectivity index (χ0v) is 15.5. The maximum Gasteiger partial charge on any atom is 0.258 e. The van der Waals surface area contributed by atoms with Gasteiger partial charge in [-0.15, -0.1) is 0 Å². The summed E-state index contributed by atoms with van der Waals surface area (Å²) in [6.45, 7) is 4.67. The molecule has 0 radical (unpaired) electrons. The van der Waals surface area contributed by atoms with Crippen LogP contribution >= 0.6 is 0 Å². The third-order valence-corrected chi connectivity index (χ3v) is 5.68. The van der Waals surface area contributed by atoms with Gasteiger partial charge in [0.05, 0.1) is 23.3 Å². The number of anilines is 1. The van der Waals surface area contributed by atoms with Gasteiger partial charge >= 0.3 is 0 Å². The van der Waals surface area contributed by atoms with Gasteiger partial charge in [0.25, 0.3) is 5.91 Å². The van der Waals surface area contributed by atoms with Gasteiger partial charge in [0.1, 0.15) is 23.7 Å². The number of furan rings is 2. The second kappa shape index (κ2) is 5.84. The van der Waals surface area contributed by atoms with Crippen LogP contribution in [0.2, 0.25) is 0 Å². The number of aromatic nitrogens is 2. The Labute approximate surface area is 156 Å². The molecule has 2 fully saturated rings. The van der Waals surface area contributed by atoms with Crippen molar-refractivity contribution >= 4 is 22.8 Å². The molecule has 1 saturated carbocycles. The van der Waals surface area contributed by atoms with Crippen molar-refractivity contribution < 1.29 is 13.6 Å². The van der Waals surface area contributed by atoms with Gasteiger partial charge in [0.2, 0.25) is 5.71 Å². The van der Waals surface area contributed by atoms with Crippen LogP contribution in [0.3, 0.4) is 0 Å². The molecule has 3 aromatic heterocycles. The Bertz CT molecular complexity index is 1000. The minimum Gasteiger partial charge on any atom is -0.467 e. The first-order valence-electron chi connectivity index (χ1n) is 9.42. The lowest BCUT2D eigenvalue weighted by Crippen LogP contribution is -2.31. The molecule has 0 spiro atoms. The van der Waals surface area contributed by atoms with Crippen LogP contribution in [0, 0.1) is 6.92 Å². The Morgan fingerprint density at radius 3 is 2.96 bits per heavy atom. The fourth-order valence-electron chi connectivity index (χ4n) is 3.92. The van der Waals surface area contributed by atoms with Gasteiger partial charge in [0, 0.05) is 12.1 Å². The lowest BCUT2D eigenvalue weighted by Gasteiger charge is -2.23. The van der Waals surface area contributed by atoms with Crippen LogP contribution in [0.15, 0.2) is 33.6 Å². The largest absolute Gasteiger partial charge is 0.467 e. The van der Waals surface area contributed by atoms with Crippen LogP contribution < -0.4 is 5.32 Å². The number of hydrogen-bond acceptors (Lipinski definition) is 6. The van der Waals surface area contributed by atoms with Crippen LogP contribution in [0.5, 0.6) is 0 Å². The predicted molar refractivity (Wildman–Crippen MR) is 99.5 cm³/mol. The molecular formula is C20H22N4O3. The predicted octanol–water partition coefficient (Wildman–Crippen LogP) is 4.07. The number of nitrogens with one attached hydrogen (secondary N) is 1. The number of carbonyl (C=O) groups excluding carboxylic acids is 1. The Morgan fingerprint density at radius 2 is 2.22 bits per heavy atom. The second-order valence-corrected chi connectivity index (χ2v) is 7.79. The fraction of sp³-hybridized carbons (Fsp3) is 0.450. The third kappa shape index (κ3) is 2.69. The molecule has 1 amide bonds. The van der Waals surface area contributed by atoms with E-state index in [0.717, 1.165) is 31.4 Å². The van der Waals surface area contributed by atoms with E-state index in [-0.39, 0.29) is 17.5 Å². The van der Waals surface area contributed by atoms with Crippen molar-refractivity contribution in [2.75, 3.05) is 11.9 Å². The second-order valence-electron chi connectivity index (χ2n) is 7.79. The Balaban J connectivity index is 1.57. The van der Waals surface area contributed by atoms with Crippen LogP contribution in [0.25, 0.3) is 11.1 Å². The number of aryl methyl sites for hydroxylation is 1. The summed E-state index contributed by atoms with van der Waals surface area (Å²) in [5.41, 5.74) is 1.04. The van der Waals surface area contributed by atoms with E-state index in [0.29, 0.717) is 34.8 Å². The fourth-order valence-corrected chi connectivity index (χ4v) is 3.92. The molecule has 1 atom stereocenters. The van der Waals surface area contributed by atoms with Gasteiger partial charge in [-0.3, -0.25) is 4.79 Å². The molecule has 7 nitrogen and oxygen atoms in total. The van der Waals surface area contributed by atoms with Crippen molar-refractivity contribution in [1.82, 2.24) is 14.9 Å². The van der Waals surface area contributed by atoms with E-state index >= 15 is 0 Å². The molecule has 5 rings (SSSR count). The molecule has 1 unspecified atom stereocenters. The van der Waals surface area contributed by atoms with Crippen molar-refractivity contribution in [2.45, 2.75) is 51.1 Å². The van der Waals surface area contributed by atoms with Gasteiger partial charge in [0.15, 0.2) is 0 Å². The van der Waals surface area contributed by atoms with Crippen LogP contribution in [-0.4, -0.2) is 32.9 Å². The molecule has 140 valence electrons. The first kappa shape index (κ1) is 16.4. The summed E-state index contributed by atoms with van der Waals surface area (Å²) in [6, 6.07) is 3.75. The van der Waals surface area contributed by atoms with Crippen LogP contribution in [0.1, 0.15) is 60.5 Å². The number of amides is 1. The normalized spacial score (nSPS) is 21.0. The monoisotopic (exact) mass is 366 g/mol. The molecule has 1 aliphatic heterocycles. The minimum absolute atomic E-state index is 0.0388. The van der Waals surface area contributed by atoms with Crippen molar-refractivity contribution in [1.29, 1.82) is 0 Å². The standard InChI is InChI=1S/C20H22N4O3/c1-12-15(19(25)24-9-3-5-13(24)14-6-4-10-26-14)16-17(23-20(2)7-8-20)21-11-22-18(16)27-12/h4,6,10-11,13H,3,5,7-9H2,1-2H3,(H,21,22,23). The first-order chi connectivity index (χ1) is 13.1. The Hall–Kier alpha value is -2.83. The number of likely N-dealkylation sites (tertiary alicyclic amines) is 1. The molecule has 1 saturated heterocycles. The number of carbonyl (C=O) groups is 1. The first-order valence-corrected chi connectivity index (χ1v) is 9.42. The highest BCUT2D eigenvalue weighted by atomic mass is 16.3. The van der Waals surface area contributed by atoms with Gasteiger partial charge in [-0.05, 0) is 51.7 Å². The molecule has 7 heteroatoms. The van der Waals surface area contributed by atoms with Gasteiger partial charge in [-0.25, -0.2) is 9.97 Å². The minimum atomic E-state index is -0.0519. The highest BCUT2D eigenvalue weighted by Gasteiger charge is 2.40. The summed E-state index contributed by atoms with van der Waals surface area (Å²) in [6.07, 6.45) is 7.16. The Morgan fingerprint density at radius 1 is 1.37 bits per heavy atom. The average Bonchev–Trinajstić information content (AvgIpc) is 3.11. The zero-order chi connectivity index (χ0) is 18.6. The van der Waals surface area contributed by atoms with Crippen molar-refractivity contribution in [2.24, 2.45) is 0 Å². The van der Waals surface area contributed by atoms with Gasteiger partial charge in [-0.2, -0.15) is 0 Å². The molecule has 27 heavy (non-hydrogen) atoms. The number of hydrogen-bond donors (Lipinski definition) is 1. The smallest absolute Gasteiger partial charge is 0.258 e. The molecule has 3 aromatic rings. The molecular weight excluding hydrogens is 344 g/mol. The van der Waals surface area contributed by atoms with E-state index in [2.05, 4.69) is 22.2 Å². The molecule has 0 bridgehead atoms. The third-order valence-electron chi connectivity index (χ3n) is 5.68. The maximum atomic E-state index is 13.5. The van der Waals surface area contributed by atoms with Crippen molar-refractivity contribution in [3.63, 3.8) is 0 Å². The number of fused-ring (bicyclic) bond motifs is 1. The quantitative estimate of drug-likeness (QED) is 0.749. The SMILES string of the molecule is Cc1oc2ncnc(NC3(C)CC3)c2c1C(=O)N1CCCC1c1ccco1. The highest BCUT2D eigenvalue weighted by Crippen LogP contribution is 2.41. The number of nitrogens with zero attached hydrogens (tertiary/aromatic N) is 3. The van der Waals surface area contributed by atoms with E-state index in [1.807, 2.05) is 24.0 Å². The zero-order valence-electron chi connectivity index (χ0n) is 15.5. The summed E-state index contributed by atoms with van der Waals surface area (Å²) < 4.78 is 11.4. The topological polar surface area (TPSA) is 84.4 Å². The average molecular weight is 366 g/mol. The molecule has 1 aliphatic carbocycles. The van der Waals surface area contributed by atoms with Gasteiger partial charge in [-0.1, -0.05) is 0 Å². The maximum absolute atomic E-state index is 13.5. The summed E-state index contributed by atoms with van der Waals surface area (Å²) in [5.74, 6) is 2.02. The van der Waals surface area contributed by atoms with Crippen LogP contribution in [0.4, 0.5) is 5.82 Å². The Kier molecular flexibility index (Phi) is 3.54. The van der Waals surface area contributed by atoms with Crippen molar-refractivity contribution in [3.05, 3.63) is 41.8 Å². The van der Waals surface area contributed by atoms with Gasteiger partial charge < -0.3 is 19.1 Å². The number of rotatable bonds is 4. The summed E-state index contributed by atoms with van der Waals surface area (Å²) >= 11 is 0. The highest BCUT2D eigenvalue weighted by molar-refractivity contribution is 6.10. The van der Waals surface area contributed by atoms with E-state index in [1.165, 1.54) is 6.33 Å². The van der Waals surface area contributed by atoms with E-state index in [1.54, 1.807) is 6.26 Å². The lowest BCUT2D eigenvalue weighted by molar-refractivity contribution is 0.0720. The summed E-state index contributed by atoms with van der Waals surface area (Å²) in [5, 5.41) is 4.15. The van der Waals surface area contributed by atoms with Crippen LogP contribution in [-0.2, 0) is 0 Å². The molecule has 2 aliphatic rings. The molecule has 0 aromatic carbocycles. The lowest BCUT2D eigenvalue weighted by atomic mass is 10.1. The van der Waals surface area contributed by atoms with E-state index < -0.39 is 0 Å². The molecule has 4 heterocycles. The molecule has 1 N–H and O–H groups in total. The van der Waals surface area contributed by atoms with Crippen molar-refractivity contribution in [3.8, 4) is 0 Å². The summed E-state index contributed by atoms with van der Waals surface area (Å²) in [7, 11) is 0. The summed E-state index contributed by atoms with van der Waals surface area (Å²) in [4.78, 5) is 24.1.